The van der Waals surface area contributed by atoms with Crippen molar-refractivity contribution in [1.82, 2.24) is 4.31 Å². The third-order valence-electron chi connectivity index (χ3n) is 4.54. The molecule has 0 saturated heterocycles. The summed E-state index contributed by atoms with van der Waals surface area (Å²) < 4.78 is 26.0. The summed E-state index contributed by atoms with van der Waals surface area (Å²) in [6, 6.07) is 26.5. The molecule has 0 N–H and O–H groups in total. The number of rotatable bonds is 7. The van der Waals surface area contributed by atoms with Gasteiger partial charge in [0.25, 0.3) is 0 Å². The van der Waals surface area contributed by atoms with Crippen LogP contribution >= 0.6 is 0 Å². The smallest absolute Gasteiger partial charge is 0.211 e. The van der Waals surface area contributed by atoms with Crippen LogP contribution in [0.4, 0.5) is 0 Å². The zero-order chi connectivity index (χ0) is 19.3. The molecule has 27 heavy (non-hydrogen) atoms. The molecule has 0 amide bonds. The lowest BCUT2D eigenvalue weighted by Crippen LogP contribution is -2.29. The van der Waals surface area contributed by atoms with Gasteiger partial charge in [-0.2, -0.15) is 4.31 Å². The first kappa shape index (κ1) is 19.3. The van der Waals surface area contributed by atoms with Crippen LogP contribution in [0.15, 0.2) is 78.9 Å². The van der Waals surface area contributed by atoms with Crippen molar-refractivity contribution < 1.29 is 8.42 Å². The third kappa shape index (κ3) is 5.78. The summed E-state index contributed by atoms with van der Waals surface area (Å²) in [4.78, 5) is 0. The standard InChI is InChI=1S/C23H25NO2S/c1-19-7-6-10-23(15-19)18-24(27(2,25)26)17-22-13-11-21(12-14-22)16-20-8-4-3-5-9-20/h3-15H,16-18H2,1-2H3. The van der Waals surface area contributed by atoms with E-state index in [2.05, 4.69) is 24.3 Å². The molecule has 0 aliphatic carbocycles. The largest absolute Gasteiger partial charge is 0.212 e. The molecule has 0 unspecified atom stereocenters. The molecule has 0 spiro atoms. The molecule has 0 atom stereocenters. The van der Waals surface area contributed by atoms with E-state index < -0.39 is 10.0 Å². The van der Waals surface area contributed by atoms with Crippen LogP contribution in [0.5, 0.6) is 0 Å². The number of hydrogen-bond donors (Lipinski definition) is 0. The minimum atomic E-state index is -3.30. The Labute approximate surface area is 162 Å². The number of hydrogen-bond acceptors (Lipinski definition) is 2. The summed E-state index contributed by atoms with van der Waals surface area (Å²) in [5, 5.41) is 0. The first-order valence-corrected chi connectivity index (χ1v) is 10.9. The van der Waals surface area contributed by atoms with Gasteiger partial charge in [-0.05, 0) is 35.6 Å². The van der Waals surface area contributed by atoms with Crippen LogP contribution in [0.3, 0.4) is 0 Å². The molecule has 3 aromatic rings. The normalized spacial score (nSPS) is 11.7. The van der Waals surface area contributed by atoms with E-state index in [1.807, 2.05) is 61.5 Å². The lowest BCUT2D eigenvalue weighted by molar-refractivity contribution is 0.405. The topological polar surface area (TPSA) is 37.4 Å². The molecule has 0 aliphatic rings. The molecule has 0 heterocycles. The summed E-state index contributed by atoms with van der Waals surface area (Å²) in [6.07, 6.45) is 2.15. The summed E-state index contributed by atoms with van der Waals surface area (Å²) in [6.45, 7) is 2.77. The highest BCUT2D eigenvalue weighted by atomic mass is 32.2. The average Bonchev–Trinajstić information content (AvgIpc) is 2.63. The molecule has 0 radical (unpaired) electrons. The molecule has 0 aromatic heterocycles. The van der Waals surface area contributed by atoms with E-state index in [1.54, 1.807) is 0 Å². The quantitative estimate of drug-likeness (QED) is 0.604. The van der Waals surface area contributed by atoms with E-state index >= 15 is 0 Å². The monoisotopic (exact) mass is 379 g/mol. The fourth-order valence-corrected chi connectivity index (χ4v) is 3.87. The van der Waals surface area contributed by atoms with Crippen molar-refractivity contribution in [2.45, 2.75) is 26.4 Å². The van der Waals surface area contributed by atoms with E-state index in [-0.39, 0.29) is 0 Å². The highest BCUT2D eigenvalue weighted by molar-refractivity contribution is 7.88. The van der Waals surface area contributed by atoms with Gasteiger partial charge in [0.15, 0.2) is 0 Å². The Morgan fingerprint density at radius 1 is 0.704 bits per heavy atom. The van der Waals surface area contributed by atoms with E-state index in [0.29, 0.717) is 13.1 Å². The highest BCUT2D eigenvalue weighted by Gasteiger charge is 2.17. The predicted molar refractivity (Wildman–Crippen MR) is 111 cm³/mol. The van der Waals surface area contributed by atoms with Crippen molar-refractivity contribution in [1.29, 1.82) is 0 Å². The SMILES string of the molecule is Cc1cccc(CN(Cc2ccc(Cc3ccccc3)cc2)S(C)(=O)=O)c1. The summed E-state index contributed by atoms with van der Waals surface area (Å²) in [7, 11) is -3.30. The maximum absolute atomic E-state index is 12.3. The van der Waals surface area contributed by atoms with Gasteiger partial charge in [-0.1, -0.05) is 84.4 Å². The predicted octanol–water partition coefficient (Wildman–Crippen LogP) is 4.55. The van der Waals surface area contributed by atoms with Gasteiger partial charge in [-0.3, -0.25) is 0 Å². The van der Waals surface area contributed by atoms with Crippen molar-refractivity contribution in [2.75, 3.05) is 6.26 Å². The second kappa shape index (κ2) is 8.51. The number of benzene rings is 3. The van der Waals surface area contributed by atoms with E-state index in [4.69, 9.17) is 0 Å². The molecule has 0 saturated carbocycles. The van der Waals surface area contributed by atoms with Gasteiger partial charge < -0.3 is 0 Å². The van der Waals surface area contributed by atoms with Crippen LogP contribution in [-0.4, -0.2) is 19.0 Å². The Kier molecular flexibility index (Phi) is 6.09. The van der Waals surface area contributed by atoms with Gasteiger partial charge in [0, 0.05) is 13.1 Å². The molecular weight excluding hydrogens is 354 g/mol. The molecule has 3 nitrogen and oxygen atoms in total. The van der Waals surface area contributed by atoms with Gasteiger partial charge in [0.2, 0.25) is 10.0 Å². The zero-order valence-electron chi connectivity index (χ0n) is 15.8. The summed E-state index contributed by atoms with van der Waals surface area (Å²) in [5.74, 6) is 0. The Morgan fingerprint density at radius 2 is 1.26 bits per heavy atom. The molecule has 4 heteroatoms. The highest BCUT2D eigenvalue weighted by Crippen LogP contribution is 2.16. The van der Waals surface area contributed by atoms with Gasteiger partial charge in [0.1, 0.15) is 0 Å². The zero-order valence-corrected chi connectivity index (χ0v) is 16.6. The third-order valence-corrected chi connectivity index (χ3v) is 5.74. The van der Waals surface area contributed by atoms with Gasteiger partial charge in [-0.15, -0.1) is 0 Å². The van der Waals surface area contributed by atoms with Gasteiger partial charge in [-0.25, -0.2) is 8.42 Å². The van der Waals surface area contributed by atoms with Gasteiger partial charge >= 0.3 is 0 Å². The minimum absolute atomic E-state index is 0.373. The molecule has 0 fully saturated rings. The van der Waals surface area contributed by atoms with Crippen molar-refractivity contribution in [3.8, 4) is 0 Å². The van der Waals surface area contributed by atoms with Crippen LogP contribution in [0, 0.1) is 6.92 Å². The molecular formula is C23H25NO2S. The molecule has 0 bridgehead atoms. The molecule has 140 valence electrons. The van der Waals surface area contributed by atoms with Crippen LogP contribution in [0.25, 0.3) is 0 Å². The number of aryl methyl sites for hydroxylation is 1. The van der Waals surface area contributed by atoms with Crippen molar-refractivity contribution in [3.05, 3.63) is 107 Å². The fraction of sp³-hybridized carbons (Fsp3) is 0.217. The van der Waals surface area contributed by atoms with Crippen LogP contribution in [0.2, 0.25) is 0 Å². The van der Waals surface area contributed by atoms with Crippen LogP contribution in [0.1, 0.15) is 27.8 Å². The summed E-state index contributed by atoms with van der Waals surface area (Å²) >= 11 is 0. The molecule has 3 aromatic carbocycles. The van der Waals surface area contributed by atoms with E-state index in [1.165, 1.54) is 21.7 Å². The second-order valence-corrected chi connectivity index (χ2v) is 8.98. The Morgan fingerprint density at radius 3 is 1.89 bits per heavy atom. The average molecular weight is 380 g/mol. The Balaban J connectivity index is 1.72. The first-order chi connectivity index (χ1) is 12.9. The molecule has 0 aliphatic heterocycles. The lowest BCUT2D eigenvalue weighted by atomic mass is 10.0. The fourth-order valence-electron chi connectivity index (χ4n) is 3.10. The minimum Gasteiger partial charge on any atom is -0.212 e. The maximum atomic E-state index is 12.3. The number of sulfonamides is 1. The first-order valence-electron chi connectivity index (χ1n) is 9.02. The van der Waals surface area contributed by atoms with Gasteiger partial charge in [0.05, 0.1) is 6.26 Å². The van der Waals surface area contributed by atoms with Crippen LogP contribution in [-0.2, 0) is 29.5 Å². The van der Waals surface area contributed by atoms with E-state index in [9.17, 15) is 8.42 Å². The summed E-state index contributed by atoms with van der Waals surface area (Å²) in [5.41, 5.74) is 5.61. The van der Waals surface area contributed by atoms with Crippen molar-refractivity contribution in [3.63, 3.8) is 0 Å². The Bertz CT molecular complexity index is 980. The molecule has 3 rings (SSSR count). The van der Waals surface area contributed by atoms with Crippen molar-refractivity contribution >= 4 is 10.0 Å². The maximum Gasteiger partial charge on any atom is 0.211 e. The second-order valence-electron chi connectivity index (χ2n) is 7.00. The number of nitrogens with zero attached hydrogens (tertiary/aromatic N) is 1. The van der Waals surface area contributed by atoms with Crippen LogP contribution < -0.4 is 0 Å². The van der Waals surface area contributed by atoms with Crippen molar-refractivity contribution in [2.24, 2.45) is 0 Å². The van der Waals surface area contributed by atoms with E-state index in [0.717, 1.165) is 23.1 Å². The lowest BCUT2D eigenvalue weighted by Gasteiger charge is -2.20. The Hall–Kier alpha value is -2.43.